The highest BCUT2D eigenvalue weighted by atomic mass is 16.5. The van der Waals surface area contributed by atoms with Crippen molar-refractivity contribution < 1.29 is 9.53 Å². The number of nitrogens with zero attached hydrogens (tertiary/aromatic N) is 3. The number of amides is 1. The number of carbonyl (C=O) groups excluding carboxylic acids is 1. The number of hydrogen-bond acceptors (Lipinski definition) is 4. The molecule has 2 aliphatic heterocycles. The second kappa shape index (κ2) is 6.55. The Balaban J connectivity index is 1.48. The zero-order valence-electron chi connectivity index (χ0n) is 15.5. The Hall–Kier alpha value is -2.12. The van der Waals surface area contributed by atoms with Crippen molar-refractivity contribution in [2.75, 3.05) is 39.4 Å². The number of aromatic amines is 1. The number of aryl methyl sites for hydroxylation is 1. The average Bonchev–Trinajstić information content (AvgIpc) is 2.96. The molecule has 3 heterocycles. The van der Waals surface area contributed by atoms with Gasteiger partial charge < -0.3 is 14.6 Å². The predicted octanol–water partition coefficient (Wildman–Crippen LogP) is 1.19. The zero-order valence-corrected chi connectivity index (χ0v) is 15.5. The minimum absolute atomic E-state index is 0.0459. The van der Waals surface area contributed by atoms with Crippen LogP contribution in [0.1, 0.15) is 30.1 Å². The van der Waals surface area contributed by atoms with E-state index in [4.69, 9.17) is 4.74 Å². The molecule has 26 heavy (non-hydrogen) atoms. The summed E-state index contributed by atoms with van der Waals surface area (Å²) >= 11 is 0. The zero-order chi connectivity index (χ0) is 18.3. The molecule has 2 fully saturated rings. The first-order chi connectivity index (χ1) is 12.5. The van der Waals surface area contributed by atoms with Crippen LogP contribution >= 0.6 is 0 Å². The molecule has 1 amide bonds. The van der Waals surface area contributed by atoms with Crippen molar-refractivity contribution in [1.29, 1.82) is 0 Å². The number of nitrogens with one attached hydrogen (secondary N) is 1. The highest BCUT2D eigenvalue weighted by Gasteiger charge is 2.37. The van der Waals surface area contributed by atoms with E-state index in [0.29, 0.717) is 5.56 Å². The first-order valence-electron chi connectivity index (χ1n) is 9.29. The number of imidazole rings is 1. The summed E-state index contributed by atoms with van der Waals surface area (Å²) < 4.78 is 7.01. The van der Waals surface area contributed by atoms with Gasteiger partial charge in [-0.1, -0.05) is 0 Å². The summed E-state index contributed by atoms with van der Waals surface area (Å²) in [6.45, 7) is 7.38. The number of ether oxygens (including phenoxy) is 1. The second-order valence-electron chi connectivity index (χ2n) is 7.61. The third-order valence-corrected chi connectivity index (χ3v) is 6.05. The summed E-state index contributed by atoms with van der Waals surface area (Å²) in [6, 6.07) is 5.42. The molecule has 0 bridgehead atoms. The van der Waals surface area contributed by atoms with Crippen LogP contribution in [0.15, 0.2) is 23.0 Å². The van der Waals surface area contributed by atoms with Crippen LogP contribution in [-0.4, -0.2) is 70.2 Å². The van der Waals surface area contributed by atoms with Crippen molar-refractivity contribution >= 4 is 16.9 Å². The molecule has 0 saturated carbocycles. The highest BCUT2D eigenvalue weighted by Crippen LogP contribution is 2.30. The van der Waals surface area contributed by atoms with Crippen LogP contribution < -0.4 is 5.69 Å². The van der Waals surface area contributed by atoms with Crippen molar-refractivity contribution in [2.45, 2.75) is 25.3 Å². The molecule has 0 atom stereocenters. The lowest BCUT2D eigenvalue weighted by Gasteiger charge is -2.48. The van der Waals surface area contributed by atoms with Gasteiger partial charge in [-0.05, 0) is 38.0 Å². The first-order valence-corrected chi connectivity index (χ1v) is 9.29. The standard InChI is InChI=1S/C19H26N4O3/c1-19(23-9-11-26-12-10-23)5-7-22(8-6-19)17(24)14-3-4-15-16(13-14)21(2)18(25)20-15/h3-4,13H,5-12H2,1-2H3,(H,20,25). The van der Waals surface area contributed by atoms with Gasteiger partial charge in [0.25, 0.3) is 5.91 Å². The quantitative estimate of drug-likeness (QED) is 0.876. The Kier molecular flexibility index (Phi) is 4.36. The number of fused-ring (bicyclic) bond motifs is 1. The summed E-state index contributed by atoms with van der Waals surface area (Å²) in [4.78, 5) is 31.9. The summed E-state index contributed by atoms with van der Waals surface area (Å²) in [5, 5.41) is 0. The van der Waals surface area contributed by atoms with E-state index in [9.17, 15) is 9.59 Å². The van der Waals surface area contributed by atoms with E-state index in [1.165, 1.54) is 4.57 Å². The molecule has 1 aromatic heterocycles. The number of likely N-dealkylation sites (tertiary alicyclic amines) is 1. The fourth-order valence-corrected chi connectivity index (χ4v) is 4.15. The molecule has 7 heteroatoms. The lowest BCUT2D eigenvalue weighted by molar-refractivity contribution is -0.0372. The Morgan fingerprint density at radius 1 is 1.15 bits per heavy atom. The monoisotopic (exact) mass is 358 g/mol. The van der Waals surface area contributed by atoms with Crippen LogP contribution in [0.4, 0.5) is 0 Å². The topological polar surface area (TPSA) is 70.6 Å². The SMILES string of the molecule is Cn1c(=O)[nH]c2ccc(C(=O)N3CCC(C)(N4CCOCC4)CC3)cc21. The number of carbonyl (C=O) groups is 1. The number of benzene rings is 1. The fourth-order valence-electron chi connectivity index (χ4n) is 4.15. The van der Waals surface area contributed by atoms with E-state index in [1.807, 2.05) is 17.0 Å². The molecule has 0 radical (unpaired) electrons. The molecule has 2 aromatic rings. The molecule has 2 saturated heterocycles. The van der Waals surface area contributed by atoms with Crippen molar-refractivity contribution in [3.8, 4) is 0 Å². The van der Waals surface area contributed by atoms with Gasteiger partial charge in [-0.25, -0.2) is 4.79 Å². The average molecular weight is 358 g/mol. The van der Waals surface area contributed by atoms with Crippen LogP contribution in [-0.2, 0) is 11.8 Å². The number of aromatic nitrogens is 2. The van der Waals surface area contributed by atoms with Gasteiger partial charge >= 0.3 is 5.69 Å². The van der Waals surface area contributed by atoms with Gasteiger partial charge in [-0.2, -0.15) is 0 Å². The molecule has 1 N–H and O–H groups in total. The molecular weight excluding hydrogens is 332 g/mol. The number of morpholine rings is 1. The van der Waals surface area contributed by atoms with Gasteiger partial charge in [0.15, 0.2) is 0 Å². The first kappa shape index (κ1) is 17.3. The Morgan fingerprint density at radius 2 is 1.85 bits per heavy atom. The lowest BCUT2D eigenvalue weighted by atomic mass is 9.87. The van der Waals surface area contributed by atoms with Gasteiger partial charge in [-0.3, -0.25) is 14.3 Å². The van der Waals surface area contributed by atoms with E-state index in [2.05, 4.69) is 16.8 Å². The van der Waals surface area contributed by atoms with Gasteiger partial charge in [0, 0.05) is 44.3 Å². The minimum atomic E-state index is -0.163. The summed E-state index contributed by atoms with van der Waals surface area (Å²) in [5.41, 5.74) is 2.14. The Morgan fingerprint density at radius 3 is 2.54 bits per heavy atom. The van der Waals surface area contributed by atoms with Gasteiger partial charge in [0.2, 0.25) is 0 Å². The second-order valence-corrected chi connectivity index (χ2v) is 7.61. The van der Waals surface area contributed by atoms with Crippen molar-refractivity contribution in [2.24, 2.45) is 7.05 Å². The number of rotatable bonds is 2. The smallest absolute Gasteiger partial charge is 0.326 e. The summed E-state index contributed by atoms with van der Waals surface area (Å²) in [6.07, 6.45) is 1.95. The molecule has 0 unspecified atom stereocenters. The van der Waals surface area contributed by atoms with Crippen LogP contribution in [0.5, 0.6) is 0 Å². The lowest BCUT2D eigenvalue weighted by Crippen LogP contribution is -2.57. The summed E-state index contributed by atoms with van der Waals surface area (Å²) in [7, 11) is 1.71. The van der Waals surface area contributed by atoms with Gasteiger partial charge in [-0.15, -0.1) is 0 Å². The van der Waals surface area contributed by atoms with Crippen molar-refractivity contribution in [3.63, 3.8) is 0 Å². The number of hydrogen-bond donors (Lipinski definition) is 1. The van der Waals surface area contributed by atoms with Crippen LogP contribution in [0, 0.1) is 0 Å². The van der Waals surface area contributed by atoms with E-state index in [0.717, 1.165) is 63.3 Å². The maximum absolute atomic E-state index is 12.9. The molecule has 2 aliphatic rings. The van der Waals surface area contributed by atoms with Crippen LogP contribution in [0.25, 0.3) is 11.0 Å². The normalized spacial score (nSPS) is 21.2. The van der Waals surface area contributed by atoms with Gasteiger partial charge in [0.05, 0.1) is 24.2 Å². The van der Waals surface area contributed by atoms with Crippen LogP contribution in [0.2, 0.25) is 0 Å². The third kappa shape index (κ3) is 2.95. The van der Waals surface area contributed by atoms with Crippen molar-refractivity contribution in [1.82, 2.24) is 19.4 Å². The minimum Gasteiger partial charge on any atom is -0.379 e. The van der Waals surface area contributed by atoms with E-state index in [1.54, 1.807) is 13.1 Å². The number of H-pyrrole nitrogens is 1. The van der Waals surface area contributed by atoms with Crippen LogP contribution in [0.3, 0.4) is 0 Å². The molecule has 0 spiro atoms. The molecular formula is C19H26N4O3. The molecule has 7 nitrogen and oxygen atoms in total. The van der Waals surface area contributed by atoms with E-state index in [-0.39, 0.29) is 17.1 Å². The maximum Gasteiger partial charge on any atom is 0.326 e. The largest absolute Gasteiger partial charge is 0.379 e. The third-order valence-electron chi connectivity index (χ3n) is 6.05. The van der Waals surface area contributed by atoms with Crippen molar-refractivity contribution in [3.05, 3.63) is 34.2 Å². The van der Waals surface area contributed by atoms with E-state index < -0.39 is 0 Å². The Bertz CT molecular complexity index is 871. The fraction of sp³-hybridized carbons (Fsp3) is 0.579. The molecule has 0 aliphatic carbocycles. The Labute approximate surface area is 152 Å². The summed E-state index contributed by atoms with van der Waals surface area (Å²) in [5.74, 6) is 0.0459. The molecule has 140 valence electrons. The van der Waals surface area contributed by atoms with E-state index >= 15 is 0 Å². The molecule has 4 rings (SSSR count). The maximum atomic E-state index is 12.9. The predicted molar refractivity (Wildman–Crippen MR) is 99.5 cm³/mol. The molecule has 1 aromatic carbocycles. The highest BCUT2D eigenvalue weighted by molar-refractivity contribution is 5.97. The van der Waals surface area contributed by atoms with Gasteiger partial charge in [0.1, 0.15) is 0 Å². The number of piperidine rings is 1.